The average molecular weight is 318 g/mol. The van der Waals surface area contributed by atoms with E-state index in [1.165, 1.54) is 0 Å². The van der Waals surface area contributed by atoms with Gasteiger partial charge in [-0.2, -0.15) is 0 Å². The Hall–Kier alpha value is -2.04. The van der Waals surface area contributed by atoms with Gasteiger partial charge in [-0.3, -0.25) is 9.59 Å². The van der Waals surface area contributed by atoms with Crippen molar-refractivity contribution in [3.63, 3.8) is 0 Å². The van der Waals surface area contributed by atoms with Gasteiger partial charge in [-0.15, -0.1) is 0 Å². The van der Waals surface area contributed by atoms with Crippen molar-refractivity contribution in [1.29, 1.82) is 0 Å². The van der Waals surface area contributed by atoms with Crippen LogP contribution in [0, 0.1) is 11.8 Å². The third-order valence-electron chi connectivity index (χ3n) is 4.25. The van der Waals surface area contributed by atoms with Crippen LogP contribution in [0.15, 0.2) is 24.3 Å². The summed E-state index contributed by atoms with van der Waals surface area (Å²) in [4.78, 5) is 25.4. The summed E-state index contributed by atoms with van der Waals surface area (Å²) >= 11 is 0. The quantitative estimate of drug-likeness (QED) is 0.875. The topological polar surface area (TPSA) is 72.6 Å². The van der Waals surface area contributed by atoms with Crippen molar-refractivity contribution in [2.75, 3.05) is 19.7 Å². The first kappa shape index (κ1) is 17.3. The number of hydrogen-bond acceptors (Lipinski definition) is 3. The molecule has 2 N–H and O–H groups in total. The third kappa shape index (κ3) is 4.98. The Balaban J connectivity index is 1.87. The fourth-order valence-electron chi connectivity index (χ4n) is 2.66. The third-order valence-corrected chi connectivity index (χ3v) is 4.25. The van der Waals surface area contributed by atoms with Crippen LogP contribution in [0.3, 0.4) is 0 Å². The number of carbonyl (C=O) groups excluding carboxylic acids is 2. The number of rotatable bonds is 6. The van der Waals surface area contributed by atoms with E-state index in [-0.39, 0.29) is 17.7 Å². The monoisotopic (exact) mass is 318 g/mol. The van der Waals surface area contributed by atoms with Crippen LogP contribution >= 0.6 is 0 Å². The Labute approximate surface area is 137 Å². The molecule has 0 aromatic heterocycles. The highest BCUT2D eigenvalue weighted by molar-refractivity contribution is 5.94. The minimum absolute atomic E-state index is 0.00153. The van der Waals surface area contributed by atoms with E-state index in [1.807, 2.05) is 12.1 Å². The molecular weight excluding hydrogens is 292 g/mol. The van der Waals surface area contributed by atoms with Gasteiger partial charge in [-0.25, -0.2) is 0 Å². The highest BCUT2D eigenvalue weighted by Gasteiger charge is 2.26. The first-order valence-corrected chi connectivity index (χ1v) is 8.29. The number of likely N-dealkylation sites (tertiary alicyclic amines) is 1. The van der Waals surface area contributed by atoms with Gasteiger partial charge in [-0.1, -0.05) is 13.8 Å². The Morgan fingerprint density at radius 1 is 1.22 bits per heavy atom. The molecule has 1 saturated heterocycles. The molecule has 1 heterocycles. The maximum atomic E-state index is 12.5. The molecule has 0 unspecified atom stereocenters. The summed E-state index contributed by atoms with van der Waals surface area (Å²) in [7, 11) is 0. The number of amides is 2. The lowest BCUT2D eigenvalue weighted by atomic mass is 9.96. The molecular formula is C18H26N2O3. The maximum Gasteiger partial charge on any atom is 0.253 e. The zero-order valence-corrected chi connectivity index (χ0v) is 14.0. The lowest BCUT2D eigenvalue weighted by Gasteiger charge is -2.30. The SMILES string of the molecule is CC(C)CCOc1ccc(C(=O)N2CCC(C(N)=O)CC2)cc1. The summed E-state index contributed by atoms with van der Waals surface area (Å²) in [5, 5.41) is 0. The summed E-state index contributed by atoms with van der Waals surface area (Å²) in [6.45, 7) is 6.17. The molecule has 0 bridgehead atoms. The van der Waals surface area contributed by atoms with Crippen LogP contribution in [-0.2, 0) is 4.79 Å². The molecule has 0 radical (unpaired) electrons. The molecule has 0 atom stereocenters. The molecule has 126 valence electrons. The van der Waals surface area contributed by atoms with Gasteiger partial charge in [0.15, 0.2) is 0 Å². The smallest absolute Gasteiger partial charge is 0.253 e. The largest absolute Gasteiger partial charge is 0.494 e. The first-order chi connectivity index (χ1) is 11.0. The second-order valence-electron chi connectivity index (χ2n) is 6.52. The molecule has 0 spiro atoms. The number of primary amides is 1. The van der Waals surface area contributed by atoms with E-state index in [4.69, 9.17) is 10.5 Å². The van der Waals surface area contributed by atoms with Gasteiger partial charge in [0, 0.05) is 24.6 Å². The second-order valence-corrected chi connectivity index (χ2v) is 6.52. The van der Waals surface area contributed by atoms with E-state index >= 15 is 0 Å². The van der Waals surface area contributed by atoms with Gasteiger partial charge in [-0.05, 0) is 49.4 Å². The normalized spacial score (nSPS) is 15.7. The molecule has 1 aliphatic rings. The maximum absolute atomic E-state index is 12.5. The van der Waals surface area contributed by atoms with E-state index in [0.717, 1.165) is 12.2 Å². The van der Waals surface area contributed by atoms with Crippen LogP contribution in [0.5, 0.6) is 5.75 Å². The molecule has 5 heteroatoms. The molecule has 1 aromatic rings. The van der Waals surface area contributed by atoms with Crippen LogP contribution in [0.25, 0.3) is 0 Å². The van der Waals surface area contributed by atoms with Crippen LogP contribution in [0.4, 0.5) is 0 Å². The van der Waals surface area contributed by atoms with Crippen molar-refractivity contribution in [2.45, 2.75) is 33.1 Å². The lowest BCUT2D eigenvalue weighted by Crippen LogP contribution is -2.41. The number of ether oxygens (including phenoxy) is 1. The summed E-state index contributed by atoms with van der Waals surface area (Å²) in [5.41, 5.74) is 5.97. The minimum Gasteiger partial charge on any atom is -0.494 e. The molecule has 2 amide bonds. The average Bonchev–Trinajstić information content (AvgIpc) is 2.54. The first-order valence-electron chi connectivity index (χ1n) is 8.29. The van der Waals surface area contributed by atoms with Gasteiger partial charge < -0.3 is 15.4 Å². The summed E-state index contributed by atoms with van der Waals surface area (Å²) in [6.07, 6.45) is 2.31. The Morgan fingerprint density at radius 2 is 1.83 bits per heavy atom. The highest BCUT2D eigenvalue weighted by Crippen LogP contribution is 2.20. The van der Waals surface area contributed by atoms with E-state index in [9.17, 15) is 9.59 Å². The molecule has 5 nitrogen and oxygen atoms in total. The summed E-state index contributed by atoms with van der Waals surface area (Å²) < 4.78 is 5.66. The molecule has 1 aliphatic heterocycles. The van der Waals surface area contributed by atoms with Gasteiger partial charge in [0.05, 0.1) is 6.61 Å². The number of carbonyl (C=O) groups is 2. The Morgan fingerprint density at radius 3 is 2.35 bits per heavy atom. The Bertz CT molecular complexity index is 532. The standard InChI is InChI=1S/C18H26N2O3/c1-13(2)9-12-23-16-5-3-15(4-6-16)18(22)20-10-7-14(8-11-20)17(19)21/h3-6,13-14H,7-12H2,1-2H3,(H2,19,21). The number of nitrogens with two attached hydrogens (primary N) is 1. The molecule has 0 saturated carbocycles. The van der Waals surface area contributed by atoms with Crippen molar-refractivity contribution >= 4 is 11.8 Å². The highest BCUT2D eigenvalue weighted by atomic mass is 16.5. The van der Waals surface area contributed by atoms with Crippen molar-refractivity contribution in [3.8, 4) is 5.75 Å². The van der Waals surface area contributed by atoms with Crippen molar-refractivity contribution < 1.29 is 14.3 Å². The van der Waals surface area contributed by atoms with Gasteiger partial charge in [0.25, 0.3) is 5.91 Å². The molecule has 0 aliphatic carbocycles. The van der Waals surface area contributed by atoms with Crippen molar-refractivity contribution in [3.05, 3.63) is 29.8 Å². The molecule has 1 fully saturated rings. The predicted molar refractivity (Wildman–Crippen MR) is 89.2 cm³/mol. The van der Waals surface area contributed by atoms with Gasteiger partial charge in [0.2, 0.25) is 5.91 Å². The predicted octanol–water partition coefficient (Wildman–Crippen LogP) is 2.45. The van der Waals surface area contributed by atoms with Crippen LogP contribution in [0.1, 0.15) is 43.5 Å². The van der Waals surface area contributed by atoms with E-state index < -0.39 is 0 Å². The number of piperidine rings is 1. The second kappa shape index (κ2) is 7.99. The van der Waals surface area contributed by atoms with Crippen molar-refractivity contribution in [1.82, 2.24) is 4.90 Å². The van der Waals surface area contributed by atoms with E-state index in [0.29, 0.717) is 44.0 Å². The minimum atomic E-state index is -0.264. The van der Waals surface area contributed by atoms with E-state index in [2.05, 4.69) is 13.8 Å². The Kier molecular flexibility index (Phi) is 6.02. The molecule has 2 rings (SSSR count). The number of hydrogen-bond donors (Lipinski definition) is 1. The van der Waals surface area contributed by atoms with Crippen LogP contribution < -0.4 is 10.5 Å². The summed E-state index contributed by atoms with van der Waals surface area (Å²) in [5.74, 6) is 1.03. The molecule has 1 aromatic carbocycles. The van der Waals surface area contributed by atoms with Crippen molar-refractivity contribution in [2.24, 2.45) is 17.6 Å². The fraction of sp³-hybridized carbons (Fsp3) is 0.556. The van der Waals surface area contributed by atoms with Crippen LogP contribution in [0.2, 0.25) is 0 Å². The number of benzene rings is 1. The van der Waals surface area contributed by atoms with Crippen LogP contribution in [-0.4, -0.2) is 36.4 Å². The van der Waals surface area contributed by atoms with Gasteiger partial charge >= 0.3 is 0 Å². The molecule has 23 heavy (non-hydrogen) atoms. The zero-order valence-electron chi connectivity index (χ0n) is 14.0. The number of nitrogens with zero attached hydrogens (tertiary/aromatic N) is 1. The van der Waals surface area contributed by atoms with Gasteiger partial charge in [0.1, 0.15) is 5.75 Å². The van der Waals surface area contributed by atoms with E-state index in [1.54, 1.807) is 17.0 Å². The lowest BCUT2D eigenvalue weighted by molar-refractivity contribution is -0.123. The zero-order chi connectivity index (χ0) is 16.8. The fourth-order valence-corrected chi connectivity index (χ4v) is 2.66. The summed E-state index contributed by atoms with van der Waals surface area (Å²) in [6, 6.07) is 7.27.